The molecule has 1 fully saturated rings. The van der Waals surface area contributed by atoms with E-state index in [-0.39, 0.29) is 12.5 Å². The Bertz CT molecular complexity index is 736. The van der Waals surface area contributed by atoms with Crippen LogP contribution in [0.3, 0.4) is 0 Å². The number of phosphoric ester groups is 1. The highest BCUT2D eigenvalue weighted by Gasteiger charge is 2.32. The molecule has 1 unspecified atom stereocenters. The molecule has 106 valence electrons. The average Bonchev–Trinajstić information content (AvgIpc) is 2.97. The summed E-state index contributed by atoms with van der Waals surface area (Å²) in [5, 5.41) is 0. The maximum Gasteiger partial charge on any atom is 0.469 e. The molecule has 0 amide bonds. The molecule has 4 N–H and O–H groups in total. The zero-order valence-corrected chi connectivity index (χ0v) is 11.1. The monoisotopic (exact) mass is 297 g/mol. The number of hydrogen-bond donors (Lipinski definition) is 3. The van der Waals surface area contributed by atoms with Crippen LogP contribution in [0.2, 0.25) is 0 Å². The summed E-state index contributed by atoms with van der Waals surface area (Å²) < 4.78 is 16.8. The Morgan fingerprint density at radius 2 is 2.30 bits per heavy atom. The molecule has 10 heteroatoms. The van der Waals surface area contributed by atoms with Crippen LogP contribution in [0, 0.1) is 5.92 Å². The molecular weight excluding hydrogens is 285 g/mol. The van der Waals surface area contributed by atoms with Crippen molar-refractivity contribution in [3.63, 3.8) is 0 Å². The molecule has 20 heavy (non-hydrogen) atoms. The SMILES string of the molecule is Nc1ncnc2c1ncn2/C=C1\CC1COP(=O)(O)O. The second-order valence-corrected chi connectivity index (χ2v) is 5.71. The van der Waals surface area contributed by atoms with Crippen molar-refractivity contribution in [2.75, 3.05) is 12.3 Å². The number of phosphoric acid groups is 1. The van der Waals surface area contributed by atoms with Crippen LogP contribution in [0.5, 0.6) is 0 Å². The van der Waals surface area contributed by atoms with Gasteiger partial charge in [0.25, 0.3) is 0 Å². The van der Waals surface area contributed by atoms with Crippen molar-refractivity contribution in [1.29, 1.82) is 0 Å². The summed E-state index contributed by atoms with van der Waals surface area (Å²) >= 11 is 0. The van der Waals surface area contributed by atoms with Crippen LogP contribution in [0.15, 0.2) is 18.2 Å². The summed E-state index contributed by atoms with van der Waals surface area (Å²) in [7, 11) is -4.41. The van der Waals surface area contributed by atoms with Crippen molar-refractivity contribution >= 4 is 31.0 Å². The highest BCUT2D eigenvalue weighted by Crippen LogP contribution is 2.44. The van der Waals surface area contributed by atoms with Gasteiger partial charge in [-0.2, -0.15) is 0 Å². The standard InChI is InChI=1S/C10H12N5O4P/c11-9-8-10(13-4-12-9)15(5-14-8)2-6-1-7(6)3-19-20(16,17)18/h2,4-5,7H,1,3H2,(H2,11,12,13)(H2,16,17,18)/b6-2+. The predicted molar refractivity (Wildman–Crippen MR) is 70.1 cm³/mol. The molecule has 0 saturated heterocycles. The summed E-state index contributed by atoms with van der Waals surface area (Å²) in [4.78, 5) is 29.3. The van der Waals surface area contributed by atoms with Gasteiger partial charge >= 0.3 is 7.82 Å². The van der Waals surface area contributed by atoms with Crippen molar-refractivity contribution < 1.29 is 18.9 Å². The number of nitrogen functional groups attached to an aromatic ring is 1. The molecule has 1 aliphatic rings. The lowest BCUT2D eigenvalue weighted by molar-refractivity contribution is 0.191. The lowest BCUT2D eigenvalue weighted by Gasteiger charge is -2.02. The Hall–Kier alpha value is -1.80. The highest BCUT2D eigenvalue weighted by molar-refractivity contribution is 7.46. The maximum atomic E-state index is 10.6. The van der Waals surface area contributed by atoms with E-state index >= 15 is 0 Å². The van der Waals surface area contributed by atoms with Crippen LogP contribution < -0.4 is 5.73 Å². The third-order valence-electron chi connectivity index (χ3n) is 2.98. The van der Waals surface area contributed by atoms with Gasteiger partial charge in [0.1, 0.15) is 12.7 Å². The van der Waals surface area contributed by atoms with E-state index in [2.05, 4.69) is 19.5 Å². The van der Waals surface area contributed by atoms with Gasteiger partial charge in [-0.25, -0.2) is 19.5 Å². The van der Waals surface area contributed by atoms with Crippen LogP contribution in [-0.4, -0.2) is 35.9 Å². The third-order valence-corrected chi connectivity index (χ3v) is 3.47. The lowest BCUT2D eigenvalue weighted by Crippen LogP contribution is -1.95. The number of anilines is 1. The predicted octanol–water partition coefficient (Wildman–Crippen LogP) is 0.379. The average molecular weight is 297 g/mol. The van der Waals surface area contributed by atoms with Gasteiger partial charge in [0, 0.05) is 12.1 Å². The van der Waals surface area contributed by atoms with Crippen molar-refractivity contribution in [2.45, 2.75) is 6.42 Å². The Kier molecular flexibility index (Phi) is 3.06. The molecule has 1 aliphatic carbocycles. The number of rotatable bonds is 4. The summed E-state index contributed by atoms with van der Waals surface area (Å²) in [6, 6.07) is 0. The Morgan fingerprint density at radius 3 is 3.05 bits per heavy atom. The number of nitrogens with zero attached hydrogens (tertiary/aromatic N) is 4. The van der Waals surface area contributed by atoms with E-state index < -0.39 is 7.82 Å². The van der Waals surface area contributed by atoms with E-state index in [0.29, 0.717) is 17.0 Å². The molecule has 0 radical (unpaired) electrons. The summed E-state index contributed by atoms with van der Waals surface area (Å²) in [5.41, 5.74) is 7.80. The van der Waals surface area contributed by atoms with Gasteiger partial charge in [-0.15, -0.1) is 0 Å². The Morgan fingerprint density at radius 1 is 1.50 bits per heavy atom. The second kappa shape index (κ2) is 4.64. The van der Waals surface area contributed by atoms with E-state index in [1.807, 2.05) is 6.20 Å². The van der Waals surface area contributed by atoms with Gasteiger partial charge in [0.05, 0.1) is 6.61 Å². The second-order valence-electron chi connectivity index (χ2n) is 4.47. The van der Waals surface area contributed by atoms with Gasteiger partial charge in [0.15, 0.2) is 17.0 Å². The summed E-state index contributed by atoms with van der Waals surface area (Å²) in [5.74, 6) is 0.323. The van der Waals surface area contributed by atoms with Gasteiger partial charge in [-0.1, -0.05) is 0 Å². The largest absolute Gasteiger partial charge is 0.469 e. The quantitative estimate of drug-likeness (QED) is 0.689. The molecule has 2 aromatic heterocycles. The number of fused-ring (bicyclic) bond motifs is 1. The van der Waals surface area contributed by atoms with E-state index in [9.17, 15) is 4.57 Å². The molecular formula is C10H12N5O4P. The van der Waals surface area contributed by atoms with Crippen LogP contribution in [-0.2, 0) is 9.09 Å². The van der Waals surface area contributed by atoms with Crippen molar-refractivity contribution in [2.24, 2.45) is 5.92 Å². The number of aromatic nitrogens is 4. The molecule has 9 nitrogen and oxygen atoms in total. The minimum absolute atomic E-state index is 0.000135. The van der Waals surface area contributed by atoms with E-state index in [0.717, 1.165) is 12.0 Å². The molecule has 1 saturated carbocycles. The third kappa shape index (κ3) is 2.70. The van der Waals surface area contributed by atoms with Crippen LogP contribution in [0.25, 0.3) is 17.4 Å². The first-order valence-corrected chi connectivity index (χ1v) is 7.31. The fourth-order valence-electron chi connectivity index (χ4n) is 1.88. The van der Waals surface area contributed by atoms with E-state index in [1.165, 1.54) is 6.33 Å². The lowest BCUT2D eigenvalue weighted by atomic mass is 10.4. The molecule has 0 spiro atoms. The Labute approximate surface area is 113 Å². The minimum atomic E-state index is -4.41. The smallest absolute Gasteiger partial charge is 0.382 e. The molecule has 0 aliphatic heterocycles. The zero-order valence-electron chi connectivity index (χ0n) is 10.2. The van der Waals surface area contributed by atoms with Gasteiger partial charge in [-0.05, 0) is 12.0 Å². The fraction of sp³-hybridized carbons (Fsp3) is 0.300. The first-order valence-electron chi connectivity index (χ1n) is 5.78. The molecule has 0 bridgehead atoms. The van der Waals surface area contributed by atoms with Gasteiger partial charge in [-0.3, -0.25) is 9.09 Å². The normalized spacial score (nSPS) is 20.7. The van der Waals surface area contributed by atoms with Crippen LogP contribution in [0.4, 0.5) is 5.82 Å². The summed E-state index contributed by atoms with van der Waals surface area (Å²) in [6.07, 6.45) is 5.47. The topological polar surface area (TPSA) is 136 Å². The first kappa shape index (κ1) is 13.2. The zero-order chi connectivity index (χ0) is 14.3. The number of nitrogens with two attached hydrogens (primary N) is 1. The molecule has 2 heterocycles. The first-order chi connectivity index (χ1) is 9.44. The molecule has 0 aromatic carbocycles. The van der Waals surface area contributed by atoms with Crippen LogP contribution in [0.1, 0.15) is 6.42 Å². The summed E-state index contributed by atoms with van der Waals surface area (Å²) in [6.45, 7) is -0.000135. The van der Waals surface area contributed by atoms with E-state index in [1.54, 1.807) is 10.9 Å². The number of hydrogen-bond acceptors (Lipinski definition) is 6. The Balaban J connectivity index is 1.76. The molecule has 1 atom stereocenters. The number of imidazole rings is 1. The van der Waals surface area contributed by atoms with Gasteiger partial charge in [0.2, 0.25) is 0 Å². The molecule has 2 aromatic rings. The fourth-order valence-corrected chi connectivity index (χ4v) is 2.25. The van der Waals surface area contributed by atoms with Crippen molar-refractivity contribution in [3.8, 4) is 0 Å². The molecule has 3 rings (SSSR count). The van der Waals surface area contributed by atoms with Gasteiger partial charge < -0.3 is 15.5 Å². The maximum absolute atomic E-state index is 10.6. The minimum Gasteiger partial charge on any atom is -0.382 e. The van der Waals surface area contributed by atoms with E-state index in [4.69, 9.17) is 15.5 Å². The van der Waals surface area contributed by atoms with Crippen molar-refractivity contribution in [3.05, 3.63) is 18.2 Å². The van der Waals surface area contributed by atoms with Crippen LogP contribution >= 0.6 is 7.82 Å². The van der Waals surface area contributed by atoms with Crippen molar-refractivity contribution in [1.82, 2.24) is 19.5 Å². The highest BCUT2D eigenvalue weighted by atomic mass is 31.2.